The molecule has 0 aliphatic carbocycles. The molecule has 2 amide bonds. The van der Waals surface area contributed by atoms with Gasteiger partial charge in [-0.25, -0.2) is 0 Å². The van der Waals surface area contributed by atoms with E-state index in [9.17, 15) is 9.59 Å². The second-order valence-corrected chi connectivity index (χ2v) is 9.37. The van der Waals surface area contributed by atoms with Gasteiger partial charge in [-0.2, -0.15) is 0 Å². The standard InChI is InChI=1S/C19H23N7O2S2/c1-10-6-7-14(11(2)8-10)20-16(27)9-15-23-25-19(26(15)5)29-12(3)17(28)21-18-24-22-13(4)30-18/h6-8,12H,9H2,1-5H3,(H,20,27)(H,21,24,28)/t12-/m0/s1. The Morgan fingerprint density at radius 1 is 1.13 bits per heavy atom. The van der Waals surface area contributed by atoms with Crippen LogP contribution in [0.25, 0.3) is 0 Å². The van der Waals surface area contributed by atoms with E-state index in [0.29, 0.717) is 16.1 Å². The van der Waals surface area contributed by atoms with Gasteiger partial charge in [-0.15, -0.1) is 20.4 Å². The predicted molar refractivity (Wildman–Crippen MR) is 118 cm³/mol. The van der Waals surface area contributed by atoms with Gasteiger partial charge >= 0.3 is 0 Å². The molecule has 158 valence electrons. The lowest BCUT2D eigenvalue weighted by molar-refractivity contribution is -0.116. The van der Waals surface area contributed by atoms with Crippen LogP contribution in [0.3, 0.4) is 0 Å². The molecule has 1 atom stereocenters. The van der Waals surface area contributed by atoms with Crippen LogP contribution in [-0.4, -0.2) is 42.0 Å². The lowest BCUT2D eigenvalue weighted by atomic mass is 10.1. The highest BCUT2D eigenvalue weighted by Crippen LogP contribution is 2.24. The summed E-state index contributed by atoms with van der Waals surface area (Å²) in [4.78, 5) is 24.8. The summed E-state index contributed by atoms with van der Waals surface area (Å²) in [5, 5.41) is 23.0. The smallest absolute Gasteiger partial charge is 0.239 e. The number of aromatic nitrogens is 5. The van der Waals surface area contributed by atoms with Crippen molar-refractivity contribution in [2.75, 3.05) is 10.6 Å². The number of benzene rings is 1. The SMILES string of the molecule is Cc1ccc(NC(=O)Cc2nnc(S[C@@H](C)C(=O)Nc3nnc(C)s3)n2C)c(C)c1. The third-order valence-corrected chi connectivity index (χ3v) is 6.20. The highest BCUT2D eigenvalue weighted by Gasteiger charge is 2.21. The third-order valence-electron chi connectivity index (χ3n) is 4.31. The van der Waals surface area contributed by atoms with E-state index in [1.54, 1.807) is 18.5 Å². The molecule has 1 aromatic carbocycles. The fourth-order valence-corrected chi connectivity index (χ4v) is 4.09. The number of hydrogen-bond acceptors (Lipinski definition) is 8. The molecule has 0 saturated heterocycles. The van der Waals surface area contributed by atoms with E-state index in [1.165, 1.54) is 23.1 Å². The number of nitrogens with one attached hydrogen (secondary N) is 2. The summed E-state index contributed by atoms with van der Waals surface area (Å²) in [5.41, 5.74) is 2.92. The van der Waals surface area contributed by atoms with Crippen molar-refractivity contribution in [2.24, 2.45) is 7.05 Å². The van der Waals surface area contributed by atoms with Gasteiger partial charge in [0.15, 0.2) is 5.16 Å². The van der Waals surface area contributed by atoms with E-state index in [-0.39, 0.29) is 18.2 Å². The Balaban J connectivity index is 1.59. The number of nitrogens with zero attached hydrogens (tertiary/aromatic N) is 5. The van der Waals surface area contributed by atoms with Crippen molar-refractivity contribution in [1.82, 2.24) is 25.0 Å². The van der Waals surface area contributed by atoms with Gasteiger partial charge in [0.2, 0.25) is 16.9 Å². The fourth-order valence-electron chi connectivity index (χ4n) is 2.66. The largest absolute Gasteiger partial charge is 0.325 e. The van der Waals surface area contributed by atoms with Gasteiger partial charge in [0.1, 0.15) is 10.8 Å². The third kappa shape index (κ3) is 5.42. The number of carbonyl (C=O) groups is 2. The lowest BCUT2D eigenvalue weighted by Crippen LogP contribution is -2.23. The van der Waals surface area contributed by atoms with E-state index in [4.69, 9.17) is 0 Å². The Morgan fingerprint density at radius 2 is 1.90 bits per heavy atom. The van der Waals surface area contributed by atoms with Crippen LogP contribution < -0.4 is 10.6 Å². The molecule has 0 bridgehead atoms. The highest BCUT2D eigenvalue weighted by atomic mass is 32.2. The number of amides is 2. The molecule has 3 rings (SSSR count). The molecule has 2 aromatic heterocycles. The average molecular weight is 446 g/mol. The minimum Gasteiger partial charge on any atom is -0.325 e. The Bertz CT molecular complexity index is 1080. The topological polar surface area (TPSA) is 115 Å². The molecule has 0 radical (unpaired) electrons. The number of aryl methyl sites for hydroxylation is 3. The van der Waals surface area contributed by atoms with E-state index in [2.05, 4.69) is 31.0 Å². The number of carbonyl (C=O) groups excluding carboxylic acids is 2. The lowest BCUT2D eigenvalue weighted by Gasteiger charge is -2.10. The Hall–Kier alpha value is -2.79. The van der Waals surface area contributed by atoms with E-state index >= 15 is 0 Å². The summed E-state index contributed by atoms with van der Waals surface area (Å²) >= 11 is 2.58. The normalized spacial score (nSPS) is 11.9. The molecule has 9 nitrogen and oxygen atoms in total. The first-order valence-electron chi connectivity index (χ1n) is 9.26. The van der Waals surface area contributed by atoms with Crippen LogP contribution in [0.15, 0.2) is 23.4 Å². The number of rotatable bonds is 7. The van der Waals surface area contributed by atoms with Crippen LogP contribution in [0.2, 0.25) is 0 Å². The second-order valence-electron chi connectivity index (χ2n) is 6.88. The van der Waals surface area contributed by atoms with Crippen molar-refractivity contribution in [3.63, 3.8) is 0 Å². The molecule has 0 unspecified atom stereocenters. The minimum absolute atomic E-state index is 0.0853. The summed E-state index contributed by atoms with van der Waals surface area (Å²) in [7, 11) is 1.78. The first-order chi connectivity index (χ1) is 14.2. The molecule has 0 fully saturated rings. The quantitative estimate of drug-likeness (QED) is 0.537. The van der Waals surface area contributed by atoms with Crippen LogP contribution >= 0.6 is 23.1 Å². The molecule has 0 spiro atoms. The van der Waals surface area contributed by atoms with Crippen molar-refractivity contribution >= 4 is 45.7 Å². The average Bonchev–Trinajstić information content (AvgIpc) is 3.24. The van der Waals surface area contributed by atoms with Crippen molar-refractivity contribution in [3.8, 4) is 0 Å². The maximum atomic E-state index is 12.4. The first-order valence-corrected chi connectivity index (χ1v) is 11.0. The van der Waals surface area contributed by atoms with Gasteiger partial charge in [0.05, 0.1) is 11.7 Å². The van der Waals surface area contributed by atoms with Gasteiger partial charge in [-0.3, -0.25) is 14.9 Å². The zero-order valence-electron chi connectivity index (χ0n) is 17.4. The van der Waals surface area contributed by atoms with E-state index in [1.807, 2.05) is 39.0 Å². The maximum Gasteiger partial charge on any atom is 0.239 e. The first kappa shape index (κ1) is 21.9. The Kier molecular flexibility index (Phi) is 6.83. The number of hydrogen-bond donors (Lipinski definition) is 2. The van der Waals surface area contributed by atoms with Crippen LogP contribution in [0.5, 0.6) is 0 Å². The Morgan fingerprint density at radius 3 is 2.57 bits per heavy atom. The monoisotopic (exact) mass is 445 g/mol. The van der Waals surface area contributed by atoms with E-state index < -0.39 is 5.25 Å². The molecular formula is C19H23N7O2S2. The number of anilines is 2. The van der Waals surface area contributed by atoms with Crippen LogP contribution in [-0.2, 0) is 23.1 Å². The zero-order chi connectivity index (χ0) is 21.8. The molecule has 3 aromatic rings. The zero-order valence-corrected chi connectivity index (χ0v) is 19.0. The van der Waals surface area contributed by atoms with Gasteiger partial charge in [0.25, 0.3) is 0 Å². The summed E-state index contributed by atoms with van der Waals surface area (Å²) in [6, 6.07) is 5.86. The molecule has 2 heterocycles. The van der Waals surface area contributed by atoms with Crippen molar-refractivity contribution < 1.29 is 9.59 Å². The summed E-state index contributed by atoms with van der Waals surface area (Å²) in [5.74, 6) is 0.145. The molecule has 11 heteroatoms. The van der Waals surface area contributed by atoms with Gasteiger partial charge in [-0.05, 0) is 39.3 Å². The number of thioether (sulfide) groups is 1. The van der Waals surface area contributed by atoms with Crippen molar-refractivity contribution in [3.05, 3.63) is 40.2 Å². The summed E-state index contributed by atoms with van der Waals surface area (Å²) in [6.07, 6.45) is 0.0853. The van der Waals surface area contributed by atoms with E-state index in [0.717, 1.165) is 21.8 Å². The predicted octanol–water partition coefficient (Wildman–Crippen LogP) is 2.89. The Labute approximate surface area is 182 Å². The minimum atomic E-state index is -0.422. The van der Waals surface area contributed by atoms with Gasteiger partial charge in [-0.1, -0.05) is 40.8 Å². The fraction of sp³-hybridized carbons (Fsp3) is 0.368. The molecule has 2 N–H and O–H groups in total. The molecule has 0 aliphatic heterocycles. The van der Waals surface area contributed by atoms with Gasteiger partial charge in [0, 0.05) is 12.7 Å². The van der Waals surface area contributed by atoms with Gasteiger partial charge < -0.3 is 9.88 Å². The highest BCUT2D eigenvalue weighted by molar-refractivity contribution is 8.00. The van der Waals surface area contributed by atoms with Crippen molar-refractivity contribution in [1.29, 1.82) is 0 Å². The summed E-state index contributed by atoms with van der Waals surface area (Å²) < 4.78 is 1.73. The van der Waals surface area contributed by atoms with Crippen LogP contribution in [0.1, 0.15) is 28.9 Å². The molecule has 0 saturated carbocycles. The molecular weight excluding hydrogens is 422 g/mol. The van der Waals surface area contributed by atoms with Crippen molar-refractivity contribution in [2.45, 2.75) is 44.5 Å². The molecule has 30 heavy (non-hydrogen) atoms. The maximum absolute atomic E-state index is 12.4. The van der Waals surface area contributed by atoms with Crippen LogP contribution in [0.4, 0.5) is 10.8 Å². The molecule has 0 aliphatic rings. The summed E-state index contributed by atoms with van der Waals surface area (Å²) in [6.45, 7) is 7.56. The van der Waals surface area contributed by atoms with Crippen LogP contribution in [0, 0.1) is 20.8 Å². The second kappa shape index (κ2) is 9.35.